The molecule has 0 aliphatic rings. The van der Waals surface area contributed by atoms with Gasteiger partial charge in [-0.1, -0.05) is 17.8 Å². The molecule has 0 aliphatic carbocycles. The topological polar surface area (TPSA) is 75.9 Å². The minimum Gasteiger partial charge on any atom is -0.374 e. The third kappa shape index (κ3) is 2.46. The number of anilines is 1. The number of rotatable bonds is 5. The first-order valence-corrected chi connectivity index (χ1v) is 6.71. The molecule has 6 nitrogen and oxygen atoms in total. The summed E-state index contributed by atoms with van der Waals surface area (Å²) in [5, 5.41) is 18.0. The van der Waals surface area contributed by atoms with E-state index in [4.69, 9.17) is 0 Å². The molecule has 96 valence electrons. The Balaban J connectivity index is 2.58. The molecule has 2 heterocycles. The predicted molar refractivity (Wildman–Crippen MR) is 72.6 cm³/mol. The summed E-state index contributed by atoms with van der Waals surface area (Å²) in [4.78, 5) is 8.76. The molecule has 0 saturated heterocycles. The lowest BCUT2D eigenvalue weighted by Crippen LogP contribution is -2.15. The standard InChI is InChI=1S/C11H15N5OS/c1-4-5-16-10-8(6-12-16)9(13-7(2)17)14-11(15-10)18-3/h4,6-7,17H,1,5H2,2-3H3,(H,13,14,15). The van der Waals surface area contributed by atoms with E-state index in [-0.39, 0.29) is 0 Å². The highest BCUT2D eigenvalue weighted by Gasteiger charge is 2.12. The molecular weight excluding hydrogens is 250 g/mol. The fourth-order valence-electron chi connectivity index (χ4n) is 1.59. The molecule has 2 aromatic rings. The largest absolute Gasteiger partial charge is 0.374 e. The van der Waals surface area contributed by atoms with Crippen molar-refractivity contribution in [3.8, 4) is 0 Å². The van der Waals surface area contributed by atoms with E-state index in [2.05, 4.69) is 27.0 Å². The van der Waals surface area contributed by atoms with Gasteiger partial charge in [0.25, 0.3) is 0 Å². The number of nitrogens with one attached hydrogen (secondary N) is 1. The van der Waals surface area contributed by atoms with Crippen molar-refractivity contribution in [2.45, 2.75) is 24.9 Å². The summed E-state index contributed by atoms with van der Waals surface area (Å²) in [6.45, 7) is 5.92. The van der Waals surface area contributed by atoms with E-state index in [1.165, 1.54) is 11.8 Å². The second-order valence-corrected chi connectivity index (χ2v) is 4.51. The van der Waals surface area contributed by atoms with Gasteiger partial charge in [0.05, 0.1) is 18.1 Å². The van der Waals surface area contributed by atoms with E-state index < -0.39 is 6.23 Å². The van der Waals surface area contributed by atoms with Crippen LogP contribution >= 0.6 is 11.8 Å². The van der Waals surface area contributed by atoms with Crippen molar-refractivity contribution in [3.63, 3.8) is 0 Å². The van der Waals surface area contributed by atoms with E-state index >= 15 is 0 Å². The van der Waals surface area contributed by atoms with Crippen LogP contribution in [0.2, 0.25) is 0 Å². The van der Waals surface area contributed by atoms with E-state index in [9.17, 15) is 5.11 Å². The van der Waals surface area contributed by atoms with Crippen LogP contribution in [0.1, 0.15) is 6.92 Å². The summed E-state index contributed by atoms with van der Waals surface area (Å²) in [6.07, 6.45) is 4.67. The third-order valence-corrected chi connectivity index (χ3v) is 2.85. The van der Waals surface area contributed by atoms with Crippen LogP contribution in [0.3, 0.4) is 0 Å². The van der Waals surface area contributed by atoms with Crippen molar-refractivity contribution in [1.29, 1.82) is 0 Å². The fourth-order valence-corrected chi connectivity index (χ4v) is 1.95. The first-order valence-electron chi connectivity index (χ1n) is 5.48. The maximum Gasteiger partial charge on any atom is 0.191 e. The molecule has 0 radical (unpaired) electrons. The first-order chi connectivity index (χ1) is 8.65. The van der Waals surface area contributed by atoms with Gasteiger partial charge in [-0.3, -0.25) is 0 Å². The summed E-state index contributed by atoms with van der Waals surface area (Å²) in [6, 6.07) is 0. The van der Waals surface area contributed by atoms with Gasteiger partial charge in [-0.05, 0) is 13.2 Å². The van der Waals surface area contributed by atoms with E-state index in [0.29, 0.717) is 17.5 Å². The molecule has 0 amide bonds. The van der Waals surface area contributed by atoms with Crippen molar-refractivity contribution < 1.29 is 5.11 Å². The van der Waals surface area contributed by atoms with Crippen LogP contribution < -0.4 is 5.32 Å². The van der Waals surface area contributed by atoms with Gasteiger partial charge < -0.3 is 10.4 Å². The lowest BCUT2D eigenvalue weighted by molar-refractivity contribution is 0.224. The lowest BCUT2D eigenvalue weighted by Gasteiger charge is -2.10. The van der Waals surface area contributed by atoms with Gasteiger partial charge in [0.15, 0.2) is 10.8 Å². The molecule has 0 bridgehead atoms. The number of nitrogens with zero attached hydrogens (tertiary/aromatic N) is 4. The van der Waals surface area contributed by atoms with Crippen LogP contribution in [0, 0.1) is 0 Å². The molecule has 2 rings (SSSR count). The normalized spacial score (nSPS) is 12.6. The highest BCUT2D eigenvalue weighted by molar-refractivity contribution is 7.98. The zero-order chi connectivity index (χ0) is 13.1. The molecule has 0 spiro atoms. The molecule has 2 N–H and O–H groups in total. The number of hydrogen-bond acceptors (Lipinski definition) is 6. The van der Waals surface area contributed by atoms with Crippen LogP contribution in [-0.4, -0.2) is 37.3 Å². The summed E-state index contributed by atoms with van der Waals surface area (Å²) in [5.74, 6) is 0.592. The van der Waals surface area contributed by atoms with Crippen molar-refractivity contribution in [3.05, 3.63) is 18.9 Å². The van der Waals surface area contributed by atoms with E-state index in [0.717, 1.165) is 11.0 Å². The van der Waals surface area contributed by atoms with Crippen LogP contribution in [0.5, 0.6) is 0 Å². The second kappa shape index (κ2) is 5.36. The second-order valence-electron chi connectivity index (χ2n) is 3.73. The molecule has 18 heavy (non-hydrogen) atoms. The Labute approximate surface area is 109 Å². The molecule has 0 aliphatic heterocycles. The number of thioether (sulfide) groups is 1. The Morgan fingerprint density at radius 1 is 1.61 bits per heavy atom. The quantitative estimate of drug-likeness (QED) is 0.369. The number of aliphatic hydroxyl groups excluding tert-OH is 1. The summed E-state index contributed by atoms with van der Waals surface area (Å²) < 4.78 is 1.75. The van der Waals surface area contributed by atoms with E-state index in [1.54, 1.807) is 23.9 Å². The maximum absolute atomic E-state index is 9.42. The number of fused-ring (bicyclic) bond motifs is 1. The predicted octanol–water partition coefficient (Wildman–Crippen LogP) is 1.48. The van der Waals surface area contributed by atoms with Crippen molar-refractivity contribution in [2.24, 2.45) is 0 Å². The summed E-state index contributed by atoms with van der Waals surface area (Å²) >= 11 is 1.44. The van der Waals surface area contributed by atoms with Crippen molar-refractivity contribution in [2.75, 3.05) is 11.6 Å². The number of aromatic nitrogens is 4. The van der Waals surface area contributed by atoms with Crippen LogP contribution in [0.25, 0.3) is 11.0 Å². The van der Waals surface area contributed by atoms with Crippen molar-refractivity contribution >= 4 is 28.6 Å². The maximum atomic E-state index is 9.42. The van der Waals surface area contributed by atoms with Gasteiger partial charge in [-0.2, -0.15) is 5.10 Å². The van der Waals surface area contributed by atoms with Gasteiger partial charge in [-0.25, -0.2) is 14.6 Å². The average Bonchev–Trinajstić information content (AvgIpc) is 2.72. The van der Waals surface area contributed by atoms with Gasteiger partial charge in [0.1, 0.15) is 12.0 Å². The Morgan fingerprint density at radius 2 is 2.39 bits per heavy atom. The molecule has 2 aromatic heterocycles. The smallest absolute Gasteiger partial charge is 0.191 e. The van der Waals surface area contributed by atoms with Crippen LogP contribution in [0.4, 0.5) is 5.82 Å². The highest BCUT2D eigenvalue weighted by atomic mass is 32.2. The van der Waals surface area contributed by atoms with Gasteiger partial charge in [-0.15, -0.1) is 6.58 Å². The van der Waals surface area contributed by atoms with Crippen LogP contribution in [-0.2, 0) is 6.54 Å². The third-order valence-electron chi connectivity index (χ3n) is 2.31. The monoisotopic (exact) mass is 265 g/mol. The zero-order valence-corrected chi connectivity index (χ0v) is 11.1. The first kappa shape index (κ1) is 12.8. The highest BCUT2D eigenvalue weighted by Crippen LogP contribution is 2.23. The Morgan fingerprint density at radius 3 is 3.00 bits per heavy atom. The van der Waals surface area contributed by atoms with E-state index in [1.807, 2.05) is 6.26 Å². The summed E-state index contributed by atoms with van der Waals surface area (Å²) in [5.41, 5.74) is 0.734. The minimum absolute atomic E-state index is 0.586. The molecule has 0 aromatic carbocycles. The zero-order valence-electron chi connectivity index (χ0n) is 10.3. The lowest BCUT2D eigenvalue weighted by atomic mass is 10.4. The van der Waals surface area contributed by atoms with Gasteiger partial charge in [0.2, 0.25) is 0 Å². The fraction of sp³-hybridized carbons (Fsp3) is 0.364. The number of allylic oxidation sites excluding steroid dienone is 1. The van der Waals surface area contributed by atoms with Gasteiger partial charge >= 0.3 is 0 Å². The Kier molecular flexibility index (Phi) is 3.83. The number of aliphatic hydroxyl groups is 1. The molecule has 1 atom stereocenters. The Hall–Kier alpha value is -1.60. The minimum atomic E-state index is -0.680. The molecule has 1 unspecified atom stereocenters. The molecule has 7 heteroatoms. The molecule has 0 saturated carbocycles. The Bertz CT molecular complexity index is 566. The SMILES string of the molecule is C=CCn1ncc2c(NC(C)O)nc(SC)nc21. The number of hydrogen-bond donors (Lipinski definition) is 2. The summed E-state index contributed by atoms with van der Waals surface area (Å²) in [7, 11) is 0. The average molecular weight is 265 g/mol. The van der Waals surface area contributed by atoms with Crippen LogP contribution in [0.15, 0.2) is 24.0 Å². The molecular formula is C11H15N5OS. The molecule has 0 fully saturated rings. The van der Waals surface area contributed by atoms with Crippen molar-refractivity contribution in [1.82, 2.24) is 19.7 Å². The van der Waals surface area contributed by atoms with Gasteiger partial charge in [0, 0.05) is 0 Å².